The second kappa shape index (κ2) is 6.24. The number of carbonyl (C=O) groups excluding carboxylic acids is 1. The summed E-state index contributed by atoms with van der Waals surface area (Å²) in [4.78, 5) is 12.6. The molecule has 4 nitrogen and oxygen atoms in total. The van der Waals surface area contributed by atoms with Gasteiger partial charge in [-0.25, -0.2) is 0 Å². The van der Waals surface area contributed by atoms with Gasteiger partial charge in [-0.3, -0.25) is 4.79 Å². The monoisotopic (exact) mass is 340 g/mol. The van der Waals surface area contributed by atoms with E-state index in [1.54, 1.807) is 7.11 Å². The van der Waals surface area contributed by atoms with E-state index in [1.165, 1.54) is 0 Å². The second-order valence-corrected chi connectivity index (χ2v) is 6.12. The van der Waals surface area contributed by atoms with E-state index in [1.807, 2.05) is 26.0 Å². The number of hydrogen-bond donors (Lipinski definition) is 2. The molecular formula is C15H21BrN2O2. The molecule has 110 valence electrons. The normalized spacial score (nSPS) is 17.8. The molecule has 0 aliphatic carbocycles. The highest BCUT2D eigenvalue weighted by Gasteiger charge is 2.39. The molecule has 1 heterocycles. The fourth-order valence-corrected chi connectivity index (χ4v) is 2.85. The van der Waals surface area contributed by atoms with Gasteiger partial charge >= 0.3 is 0 Å². The van der Waals surface area contributed by atoms with Crippen LogP contribution in [-0.4, -0.2) is 31.7 Å². The third kappa shape index (κ3) is 3.05. The summed E-state index contributed by atoms with van der Waals surface area (Å²) < 4.78 is 6.62. The van der Waals surface area contributed by atoms with Crippen LogP contribution in [0.3, 0.4) is 0 Å². The van der Waals surface area contributed by atoms with Crippen molar-refractivity contribution in [3.63, 3.8) is 0 Å². The molecule has 0 spiro atoms. The molecule has 20 heavy (non-hydrogen) atoms. The van der Waals surface area contributed by atoms with Gasteiger partial charge in [0.05, 0.1) is 0 Å². The Morgan fingerprint density at radius 1 is 1.30 bits per heavy atom. The predicted octanol–water partition coefficient (Wildman–Crippen LogP) is 2.77. The van der Waals surface area contributed by atoms with Crippen molar-refractivity contribution in [2.45, 2.75) is 32.3 Å². The minimum Gasteiger partial charge on any atom is -0.368 e. The van der Waals surface area contributed by atoms with E-state index in [2.05, 4.69) is 26.6 Å². The lowest BCUT2D eigenvalue weighted by Gasteiger charge is -2.34. The number of benzene rings is 1. The quantitative estimate of drug-likeness (QED) is 0.889. The van der Waals surface area contributed by atoms with Crippen LogP contribution in [0.5, 0.6) is 0 Å². The summed E-state index contributed by atoms with van der Waals surface area (Å²) in [5, 5.41) is 6.25. The van der Waals surface area contributed by atoms with Crippen molar-refractivity contribution in [3.8, 4) is 0 Å². The average Bonchev–Trinajstić information content (AvgIpc) is 2.45. The number of amides is 1. The molecule has 0 aromatic heterocycles. The Bertz CT molecular complexity index is 488. The summed E-state index contributed by atoms with van der Waals surface area (Å²) in [6.07, 6.45) is 1.40. The Morgan fingerprint density at radius 3 is 2.35 bits per heavy atom. The lowest BCUT2D eigenvalue weighted by Crippen LogP contribution is -2.51. The largest absolute Gasteiger partial charge is 0.368 e. The van der Waals surface area contributed by atoms with Crippen LogP contribution < -0.4 is 10.6 Å². The maximum absolute atomic E-state index is 12.6. The summed E-state index contributed by atoms with van der Waals surface area (Å²) in [6, 6.07) is 3.94. The molecule has 2 N–H and O–H groups in total. The van der Waals surface area contributed by atoms with E-state index in [0.29, 0.717) is 12.8 Å². The first kappa shape index (κ1) is 15.5. The van der Waals surface area contributed by atoms with Gasteiger partial charge in [0.1, 0.15) is 5.60 Å². The third-order valence-corrected chi connectivity index (χ3v) is 5.16. The van der Waals surface area contributed by atoms with Crippen molar-refractivity contribution in [1.82, 2.24) is 5.32 Å². The highest BCUT2D eigenvalue weighted by molar-refractivity contribution is 9.10. The van der Waals surface area contributed by atoms with Crippen molar-refractivity contribution in [2.24, 2.45) is 0 Å². The summed E-state index contributed by atoms with van der Waals surface area (Å²) in [5.41, 5.74) is 2.33. The molecule has 0 bridgehead atoms. The maximum atomic E-state index is 12.6. The molecule has 1 aromatic carbocycles. The zero-order valence-corrected chi connectivity index (χ0v) is 13.8. The van der Waals surface area contributed by atoms with Crippen LogP contribution in [0.25, 0.3) is 0 Å². The summed E-state index contributed by atoms with van der Waals surface area (Å²) in [5.74, 6) is -0.0531. The fraction of sp³-hybridized carbons (Fsp3) is 0.533. The Hall–Kier alpha value is -0.910. The molecule has 0 unspecified atom stereocenters. The lowest BCUT2D eigenvalue weighted by molar-refractivity contribution is -0.140. The van der Waals surface area contributed by atoms with Crippen molar-refractivity contribution in [2.75, 3.05) is 25.5 Å². The minimum absolute atomic E-state index is 0.0531. The smallest absolute Gasteiger partial charge is 0.256 e. The van der Waals surface area contributed by atoms with Gasteiger partial charge in [-0.15, -0.1) is 0 Å². The minimum atomic E-state index is -0.708. The van der Waals surface area contributed by atoms with Gasteiger partial charge in [0.15, 0.2) is 0 Å². The van der Waals surface area contributed by atoms with E-state index in [-0.39, 0.29) is 5.91 Å². The molecule has 0 radical (unpaired) electrons. The number of anilines is 1. The molecular weight excluding hydrogens is 320 g/mol. The Morgan fingerprint density at radius 2 is 1.85 bits per heavy atom. The molecule has 2 rings (SSSR count). The number of aryl methyl sites for hydroxylation is 2. The fourth-order valence-electron chi connectivity index (χ4n) is 2.62. The Balaban J connectivity index is 2.18. The zero-order valence-electron chi connectivity index (χ0n) is 12.2. The van der Waals surface area contributed by atoms with Gasteiger partial charge in [-0.1, -0.05) is 15.9 Å². The highest BCUT2D eigenvalue weighted by atomic mass is 79.9. The molecule has 1 fully saturated rings. The molecule has 1 aromatic rings. The van der Waals surface area contributed by atoms with Gasteiger partial charge < -0.3 is 15.4 Å². The van der Waals surface area contributed by atoms with Gasteiger partial charge in [-0.05, 0) is 63.0 Å². The molecule has 0 atom stereocenters. The average molecular weight is 341 g/mol. The summed E-state index contributed by atoms with van der Waals surface area (Å²) >= 11 is 3.53. The van der Waals surface area contributed by atoms with E-state index < -0.39 is 5.60 Å². The summed E-state index contributed by atoms with van der Waals surface area (Å²) in [7, 11) is 1.61. The van der Waals surface area contributed by atoms with Crippen molar-refractivity contribution in [1.29, 1.82) is 0 Å². The van der Waals surface area contributed by atoms with E-state index in [9.17, 15) is 4.79 Å². The molecule has 1 saturated heterocycles. The Kier molecular flexibility index (Phi) is 4.83. The van der Waals surface area contributed by atoms with Crippen LogP contribution in [0, 0.1) is 13.8 Å². The highest BCUT2D eigenvalue weighted by Crippen LogP contribution is 2.28. The van der Waals surface area contributed by atoms with Crippen LogP contribution in [0.1, 0.15) is 24.0 Å². The lowest BCUT2D eigenvalue weighted by atomic mass is 9.91. The van der Waals surface area contributed by atoms with Crippen LogP contribution in [0.4, 0.5) is 5.69 Å². The molecule has 1 amide bonds. The van der Waals surface area contributed by atoms with Gasteiger partial charge in [0.2, 0.25) is 0 Å². The Labute approximate surface area is 128 Å². The third-order valence-electron chi connectivity index (χ3n) is 3.91. The first-order valence-electron chi connectivity index (χ1n) is 6.82. The SMILES string of the molecule is COC1(C(=O)Nc2cc(C)c(Br)c(C)c2)CCNCC1. The van der Waals surface area contributed by atoms with Crippen LogP contribution in [0.2, 0.25) is 0 Å². The van der Waals surface area contributed by atoms with E-state index in [4.69, 9.17) is 4.74 Å². The second-order valence-electron chi connectivity index (χ2n) is 5.33. The predicted molar refractivity (Wildman–Crippen MR) is 84.1 cm³/mol. The molecule has 1 aliphatic heterocycles. The molecule has 1 aliphatic rings. The van der Waals surface area contributed by atoms with Crippen molar-refractivity contribution >= 4 is 27.5 Å². The van der Waals surface area contributed by atoms with E-state index >= 15 is 0 Å². The number of nitrogens with one attached hydrogen (secondary N) is 2. The van der Waals surface area contributed by atoms with E-state index in [0.717, 1.165) is 34.4 Å². The van der Waals surface area contributed by atoms with Gasteiger partial charge in [0, 0.05) is 17.3 Å². The number of hydrogen-bond acceptors (Lipinski definition) is 3. The van der Waals surface area contributed by atoms with Crippen LogP contribution in [0.15, 0.2) is 16.6 Å². The number of carbonyl (C=O) groups is 1. The summed E-state index contributed by atoms with van der Waals surface area (Å²) in [6.45, 7) is 5.64. The maximum Gasteiger partial charge on any atom is 0.256 e. The van der Waals surface area contributed by atoms with Crippen LogP contribution in [-0.2, 0) is 9.53 Å². The molecule has 0 saturated carbocycles. The number of methoxy groups -OCH3 is 1. The first-order chi connectivity index (χ1) is 9.48. The number of ether oxygens (including phenoxy) is 1. The first-order valence-corrected chi connectivity index (χ1v) is 7.62. The number of rotatable bonds is 3. The number of halogens is 1. The zero-order chi connectivity index (χ0) is 14.8. The van der Waals surface area contributed by atoms with Crippen molar-refractivity contribution < 1.29 is 9.53 Å². The van der Waals surface area contributed by atoms with Gasteiger partial charge in [-0.2, -0.15) is 0 Å². The van der Waals surface area contributed by atoms with Gasteiger partial charge in [0.25, 0.3) is 5.91 Å². The standard InChI is InChI=1S/C15H21BrN2O2/c1-10-8-12(9-11(2)13(10)16)18-14(19)15(20-3)4-6-17-7-5-15/h8-9,17H,4-7H2,1-3H3,(H,18,19). The topological polar surface area (TPSA) is 50.4 Å². The molecule has 5 heteroatoms. The van der Waals surface area contributed by atoms with Crippen molar-refractivity contribution in [3.05, 3.63) is 27.7 Å². The van der Waals surface area contributed by atoms with Crippen LogP contribution >= 0.6 is 15.9 Å². The number of piperidine rings is 1.